The SMILES string of the molecule is Cl[C](c1ccccc1)c1ccc[nH]1. The number of H-pyrrole nitrogens is 1. The van der Waals surface area contributed by atoms with E-state index in [1.165, 1.54) is 0 Å². The van der Waals surface area contributed by atoms with Gasteiger partial charge < -0.3 is 4.98 Å². The lowest BCUT2D eigenvalue weighted by molar-refractivity contribution is 1.24. The maximum atomic E-state index is 6.16. The summed E-state index contributed by atoms with van der Waals surface area (Å²) in [6.07, 6.45) is 1.86. The minimum atomic E-state index is 0.755. The smallest absolute Gasteiger partial charge is 0.138 e. The molecule has 2 rings (SSSR count). The second-order valence-electron chi connectivity index (χ2n) is 2.76. The summed E-state index contributed by atoms with van der Waals surface area (Å²) in [6.45, 7) is 0. The van der Waals surface area contributed by atoms with Crippen molar-refractivity contribution in [1.29, 1.82) is 0 Å². The molecule has 0 amide bonds. The van der Waals surface area contributed by atoms with Gasteiger partial charge in [-0.1, -0.05) is 30.3 Å². The van der Waals surface area contributed by atoms with Gasteiger partial charge in [0.2, 0.25) is 0 Å². The molecule has 2 heteroatoms. The lowest BCUT2D eigenvalue weighted by Gasteiger charge is -2.05. The van der Waals surface area contributed by atoms with Crippen molar-refractivity contribution in [1.82, 2.24) is 4.98 Å². The maximum Gasteiger partial charge on any atom is 0.138 e. The zero-order valence-corrected chi connectivity index (χ0v) is 7.75. The van der Waals surface area contributed by atoms with Crippen LogP contribution >= 0.6 is 11.6 Å². The molecule has 0 spiro atoms. The van der Waals surface area contributed by atoms with Crippen LogP contribution in [0.2, 0.25) is 0 Å². The summed E-state index contributed by atoms with van der Waals surface area (Å²) < 4.78 is 0. The quantitative estimate of drug-likeness (QED) is 0.749. The molecular formula is C11H9ClN. The lowest BCUT2D eigenvalue weighted by atomic mass is 10.1. The van der Waals surface area contributed by atoms with Crippen molar-refractivity contribution in [3.05, 3.63) is 65.3 Å². The molecule has 1 N–H and O–H groups in total. The first-order valence-electron chi connectivity index (χ1n) is 4.09. The van der Waals surface area contributed by atoms with Crippen LogP contribution in [0, 0.1) is 5.38 Å². The first kappa shape index (κ1) is 8.39. The minimum Gasteiger partial charge on any atom is -0.363 e. The number of benzene rings is 1. The molecule has 0 atom stereocenters. The van der Waals surface area contributed by atoms with E-state index >= 15 is 0 Å². The van der Waals surface area contributed by atoms with E-state index < -0.39 is 0 Å². The molecule has 1 nitrogen and oxygen atoms in total. The minimum absolute atomic E-state index is 0.755. The van der Waals surface area contributed by atoms with Gasteiger partial charge in [-0.2, -0.15) is 0 Å². The second kappa shape index (κ2) is 3.67. The normalized spacial score (nSPS) is 10.6. The predicted molar refractivity (Wildman–Crippen MR) is 54.5 cm³/mol. The zero-order valence-electron chi connectivity index (χ0n) is 7.00. The van der Waals surface area contributed by atoms with Gasteiger partial charge in [0.05, 0.1) is 0 Å². The molecule has 0 fully saturated rings. The number of hydrogen-bond donors (Lipinski definition) is 1. The van der Waals surface area contributed by atoms with E-state index in [2.05, 4.69) is 4.98 Å². The lowest BCUT2D eigenvalue weighted by Crippen LogP contribution is -1.93. The van der Waals surface area contributed by atoms with Crippen LogP contribution in [-0.4, -0.2) is 4.98 Å². The molecule has 0 aliphatic carbocycles. The topological polar surface area (TPSA) is 15.8 Å². The summed E-state index contributed by atoms with van der Waals surface area (Å²) in [5.41, 5.74) is 1.99. The van der Waals surface area contributed by atoms with E-state index in [1.54, 1.807) is 0 Å². The highest BCUT2D eigenvalue weighted by Crippen LogP contribution is 2.25. The first-order chi connectivity index (χ1) is 6.38. The third-order valence-corrected chi connectivity index (χ3v) is 2.28. The van der Waals surface area contributed by atoms with Crippen molar-refractivity contribution >= 4 is 11.6 Å². The van der Waals surface area contributed by atoms with Crippen LogP contribution in [0.4, 0.5) is 0 Å². The van der Waals surface area contributed by atoms with Crippen LogP contribution in [0.25, 0.3) is 0 Å². The molecule has 0 unspecified atom stereocenters. The summed E-state index contributed by atoms with van der Waals surface area (Å²) in [6, 6.07) is 13.8. The fourth-order valence-electron chi connectivity index (χ4n) is 1.21. The van der Waals surface area contributed by atoms with E-state index in [4.69, 9.17) is 11.6 Å². The van der Waals surface area contributed by atoms with Crippen molar-refractivity contribution < 1.29 is 0 Å². The standard InChI is InChI=1S/C11H9ClN/c12-11(10-7-4-8-13-10)9-5-2-1-3-6-9/h1-8,13H. The number of rotatable bonds is 2. The van der Waals surface area contributed by atoms with Crippen molar-refractivity contribution in [2.75, 3.05) is 0 Å². The van der Waals surface area contributed by atoms with Crippen molar-refractivity contribution in [3.63, 3.8) is 0 Å². The summed E-state index contributed by atoms with van der Waals surface area (Å²) in [5, 5.41) is 0.755. The molecule has 0 aliphatic rings. The van der Waals surface area contributed by atoms with E-state index in [9.17, 15) is 0 Å². The van der Waals surface area contributed by atoms with Crippen LogP contribution in [-0.2, 0) is 0 Å². The maximum absolute atomic E-state index is 6.16. The van der Waals surface area contributed by atoms with Crippen LogP contribution in [0.5, 0.6) is 0 Å². The Morgan fingerprint density at radius 1 is 1.00 bits per heavy atom. The Morgan fingerprint density at radius 3 is 2.38 bits per heavy atom. The molecule has 13 heavy (non-hydrogen) atoms. The van der Waals surface area contributed by atoms with E-state index in [0.29, 0.717) is 0 Å². The van der Waals surface area contributed by atoms with Gasteiger partial charge in [0.1, 0.15) is 5.38 Å². The van der Waals surface area contributed by atoms with Gasteiger partial charge in [0.25, 0.3) is 0 Å². The Balaban J connectivity index is 2.29. The molecule has 1 heterocycles. The highest BCUT2D eigenvalue weighted by Gasteiger charge is 2.11. The van der Waals surface area contributed by atoms with Gasteiger partial charge in [-0.3, -0.25) is 0 Å². The van der Waals surface area contributed by atoms with E-state index in [-0.39, 0.29) is 0 Å². The highest BCUT2D eigenvalue weighted by molar-refractivity contribution is 6.31. The molecule has 1 aromatic carbocycles. The van der Waals surface area contributed by atoms with Gasteiger partial charge in [0.15, 0.2) is 0 Å². The third-order valence-electron chi connectivity index (χ3n) is 1.86. The van der Waals surface area contributed by atoms with Gasteiger partial charge in [-0.15, -0.1) is 11.6 Å². The van der Waals surface area contributed by atoms with Crippen molar-refractivity contribution in [3.8, 4) is 0 Å². The van der Waals surface area contributed by atoms with Crippen LogP contribution < -0.4 is 0 Å². The molecule has 0 saturated carbocycles. The van der Waals surface area contributed by atoms with Gasteiger partial charge in [0, 0.05) is 11.9 Å². The van der Waals surface area contributed by atoms with Crippen molar-refractivity contribution in [2.24, 2.45) is 0 Å². The Hall–Kier alpha value is -1.21. The van der Waals surface area contributed by atoms with Gasteiger partial charge in [-0.25, -0.2) is 0 Å². The number of nitrogens with one attached hydrogen (secondary N) is 1. The number of aromatic nitrogens is 1. The fraction of sp³-hybridized carbons (Fsp3) is 0. The molecule has 65 valence electrons. The molecule has 1 radical (unpaired) electrons. The largest absolute Gasteiger partial charge is 0.363 e. The fourth-order valence-corrected chi connectivity index (χ4v) is 1.45. The van der Waals surface area contributed by atoms with Gasteiger partial charge in [-0.05, 0) is 17.7 Å². The molecule has 2 aromatic rings. The summed E-state index contributed by atoms with van der Waals surface area (Å²) in [4.78, 5) is 3.07. The summed E-state index contributed by atoms with van der Waals surface area (Å²) in [5.74, 6) is 0. The predicted octanol–water partition coefficient (Wildman–Crippen LogP) is 3.18. The van der Waals surface area contributed by atoms with Crippen LogP contribution in [0.3, 0.4) is 0 Å². The summed E-state index contributed by atoms with van der Waals surface area (Å²) in [7, 11) is 0. The summed E-state index contributed by atoms with van der Waals surface area (Å²) >= 11 is 6.16. The third kappa shape index (κ3) is 1.76. The zero-order chi connectivity index (χ0) is 9.10. The molecule has 0 aliphatic heterocycles. The first-order valence-corrected chi connectivity index (χ1v) is 4.47. The monoisotopic (exact) mass is 190 g/mol. The number of aromatic amines is 1. The number of hydrogen-bond acceptors (Lipinski definition) is 0. The van der Waals surface area contributed by atoms with E-state index in [0.717, 1.165) is 16.6 Å². The molecule has 1 aromatic heterocycles. The van der Waals surface area contributed by atoms with Crippen LogP contribution in [0.15, 0.2) is 48.7 Å². The van der Waals surface area contributed by atoms with E-state index in [1.807, 2.05) is 48.7 Å². The second-order valence-corrected chi connectivity index (χ2v) is 3.14. The Morgan fingerprint density at radius 2 is 1.77 bits per heavy atom. The Kier molecular flexibility index (Phi) is 2.37. The molecular weight excluding hydrogens is 182 g/mol. The highest BCUT2D eigenvalue weighted by atomic mass is 35.5. The Bertz CT molecular complexity index is 353. The van der Waals surface area contributed by atoms with Crippen molar-refractivity contribution in [2.45, 2.75) is 0 Å². The number of halogens is 1. The molecule has 0 bridgehead atoms. The van der Waals surface area contributed by atoms with Crippen LogP contribution in [0.1, 0.15) is 11.3 Å². The Labute approximate surface area is 82.4 Å². The molecule has 0 saturated heterocycles. The average Bonchev–Trinajstić information content (AvgIpc) is 2.71. The average molecular weight is 191 g/mol. The van der Waals surface area contributed by atoms with Gasteiger partial charge >= 0.3 is 0 Å².